The normalized spacial score (nSPS) is 18.1. The van der Waals surface area contributed by atoms with Crippen LogP contribution in [0.25, 0.3) is 10.9 Å². The standard InChI is InChI=1S/C21H21F2N3O2/c22-21(23)7-10-26(11-8-21)19(15-6-12-28-14-15)13-25-20(27)17-3-1-5-18-16(17)4-2-9-24-18/h1-6,9,12,14,19H,7-8,10-11,13H2,(H,25,27). The van der Waals surface area contributed by atoms with Gasteiger partial charge in [-0.05, 0) is 24.3 Å². The lowest BCUT2D eigenvalue weighted by Crippen LogP contribution is -2.45. The van der Waals surface area contributed by atoms with Crippen molar-refractivity contribution in [1.82, 2.24) is 15.2 Å². The van der Waals surface area contributed by atoms with E-state index < -0.39 is 5.92 Å². The number of hydrogen-bond donors (Lipinski definition) is 1. The van der Waals surface area contributed by atoms with Gasteiger partial charge in [-0.2, -0.15) is 0 Å². The Morgan fingerprint density at radius 2 is 2.04 bits per heavy atom. The molecule has 3 heterocycles. The summed E-state index contributed by atoms with van der Waals surface area (Å²) < 4.78 is 32.3. The van der Waals surface area contributed by atoms with Crippen LogP contribution in [0, 0.1) is 0 Å². The third kappa shape index (κ3) is 3.89. The summed E-state index contributed by atoms with van der Waals surface area (Å²) >= 11 is 0. The Kier molecular flexibility index (Phi) is 5.09. The molecule has 0 saturated carbocycles. The molecule has 4 rings (SSSR count). The summed E-state index contributed by atoms with van der Waals surface area (Å²) in [6.07, 6.45) is 4.49. The van der Waals surface area contributed by atoms with Crippen molar-refractivity contribution in [2.24, 2.45) is 0 Å². The number of rotatable bonds is 5. The van der Waals surface area contributed by atoms with E-state index in [2.05, 4.69) is 10.3 Å². The van der Waals surface area contributed by atoms with Gasteiger partial charge in [0.1, 0.15) is 0 Å². The number of nitrogens with one attached hydrogen (secondary N) is 1. The van der Waals surface area contributed by atoms with Crippen LogP contribution < -0.4 is 5.32 Å². The number of carbonyl (C=O) groups is 1. The van der Waals surface area contributed by atoms with E-state index in [1.807, 2.05) is 23.1 Å². The third-order valence-electron chi connectivity index (χ3n) is 5.24. The minimum Gasteiger partial charge on any atom is -0.472 e. The van der Waals surface area contributed by atoms with Crippen molar-refractivity contribution in [3.8, 4) is 0 Å². The fourth-order valence-corrected chi connectivity index (χ4v) is 3.67. The van der Waals surface area contributed by atoms with Crippen molar-refractivity contribution in [3.63, 3.8) is 0 Å². The van der Waals surface area contributed by atoms with Crippen LogP contribution in [-0.4, -0.2) is 41.3 Å². The molecule has 5 nitrogen and oxygen atoms in total. The van der Waals surface area contributed by atoms with Crippen LogP contribution in [0.4, 0.5) is 8.78 Å². The van der Waals surface area contributed by atoms with E-state index in [-0.39, 0.29) is 37.9 Å². The van der Waals surface area contributed by atoms with Gasteiger partial charge in [0, 0.05) is 55.2 Å². The van der Waals surface area contributed by atoms with Crippen molar-refractivity contribution >= 4 is 16.8 Å². The second-order valence-electron chi connectivity index (χ2n) is 7.05. The van der Waals surface area contributed by atoms with E-state index in [0.29, 0.717) is 12.1 Å². The van der Waals surface area contributed by atoms with Crippen LogP contribution in [0.2, 0.25) is 0 Å². The van der Waals surface area contributed by atoms with Gasteiger partial charge >= 0.3 is 0 Å². The van der Waals surface area contributed by atoms with Crippen molar-refractivity contribution in [2.75, 3.05) is 19.6 Å². The summed E-state index contributed by atoms with van der Waals surface area (Å²) in [6.45, 7) is 0.856. The zero-order valence-electron chi connectivity index (χ0n) is 15.3. The SMILES string of the molecule is O=C(NCC(c1ccoc1)N1CCC(F)(F)CC1)c1cccc2ncccc12. The molecule has 1 N–H and O–H groups in total. The molecule has 1 unspecified atom stereocenters. The first-order chi connectivity index (χ1) is 13.5. The average molecular weight is 385 g/mol. The summed E-state index contributed by atoms with van der Waals surface area (Å²) in [6, 6.07) is 10.7. The molecule has 3 aromatic rings. The van der Waals surface area contributed by atoms with Crippen LogP contribution in [0.15, 0.2) is 59.5 Å². The van der Waals surface area contributed by atoms with Crippen LogP contribution in [0.5, 0.6) is 0 Å². The summed E-state index contributed by atoms with van der Waals surface area (Å²) in [5.41, 5.74) is 2.16. The quantitative estimate of drug-likeness (QED) is 0.720. The maximum absolute atomic E-state index is 13.5. The number of fused-ring (bicyclic) bond motifs is 1. The number of likely N-dealkylation sites (tertiary alicyclic amines) is 1. The van der Waals surface area contributed by atoms with Gasteiger partial charge in [-0.1, -0.05) is 12.1 Å². The average Bonchev–Trinajstić information content (AvgIpc) is 3.23. The zero-order valence-corrected chi connectivity index (χ0v) is 15.3. The number of amides is 1. The lowest BCUT2D eigenvalue weighted by Gasteiger charge is -2.37. The minimum atomic E-state index is -2.61. The van der Waals surface area contributed by atoms with E-state index in [1.54, 1.807) is 36.9 Å². The number of aromatic nitrogens is 1. The number of alkyl halides is 2. The van der Waals surface area contributed by atoms with Crippen LogP contribution in [-0.2, 0) is 0 Å². The van der Waals surface area contributed by atoms with E-state index in [9.17, 15) is 13.6 Å². The molecule has 1 saturated heterocycles. The van der Waals surface area contributed by atoms with Gasteiger partial charge in [-0.3, -0.25) is 14.7 Å². The Morgan fingerprint density at radius 3 is 2.79 bits per heavy atom. The predicted molar refractivity (Wildman–Crippen MR) is 101 cm³/mol. The maximum Gasteiger partial charge on any atom is 0.252 e. The molecule has 2 aromatic heterocycles. The summed E-state index contributed by atoms with van der Waals surface area (Å²) in [4.78, 5) is 19.1. The largest absolute Gasteiger partial charge is 0.472 e. The fraction of sp³-hybridized carbons (Fsp3) is 0.333. The molecule has 0 aliphatic carbocycles. The Morgan fingerprint density at radius 1 is 1.21 bits per heavy atom. The van der Waals surface area contributed by atoms with Crippen molar-refractivity contribution in [3.05, 3.63) is 66.2 Å². The first-order valence-electron chi connectivity index (χ1n) is 9.29. The summed E-state index contributed by atoms with van der Waals surface area (Å²) in [5.74, 6) is -2.83. The molecule has 0 bridgehead atoms. The van der Waals surface area contributed by atoms with Gasteiger partial charge in [0.05, 0.1) is 24.1 Å². The highest BCUT2D eigenvalue weighted by atomic mass is 19.3. The van der Waals surface area contributed by atoms with E-state index in [4.69, 9.17) is 4.42 Å². The van der Waals surface area contributed by atoms with Gasteiger partial charge in [0.2, 0.25) is 0 Å². The van der Waals surface area contributed by atoms with Gasteiger partial charge in [0.15, 0.2) is 0 Å². The molecule has 1 amide bonds. The molecular formula is C21H21F2N3O2. The van der Waals surface area contributed by atoms with Crippen LogP contribution >= 0.6 is 0 Å². The van der Waals surface area contributed by atoms with Gasteiger partial charge in [-0.25, -0.2) is 8.78 Å². The lowest BCUT2D eigenvalue weighted by molar-refractivity contribution is -0.0632. The number of carbonyl (C=O) groups excluding carboxylic acids is 1. The molecule has 0 spiro atoms. The number of halogens is 2. The van der Waals surface area contributed by atoms with Crippen molar-refractivity contribution in [1.29, 1.82) is 0 Å². The highest BCUT2D eigenvalue weighted by Crippen LogP contribution is 2.32. The lowest BCUT2D eigenvalue weighted by atomic mass is 10.0. The molecule has 28 heavy (non-hydrogen) atoms. The highest BCUT2D eigenvalue weighted by Gasteiger charge is 2.36. The number of pyridine rings is 1. The van der Waals surface area contributed by atoms with Gasteiger partial charge < -0.3 is 9.73 Å². The number of piperidine rings is 1. The topological polar surface area (TPSA) is 58.4 Å². The summed E-state index contributed by atoms with van der Waals surface area (Å²) in [7, 11) is 0. The smallest absolute Gasteiger partial charge is 0.252 e. The predicted octanol–water partition coefficient (Wildman–Crippen LogP) is 4.03. The Balaban J connectivity index is 1.51. The number of furan rings is 1. The molecule has 1 fully saturated rings. The molecule has 1 aromatic carbocycles. The second kappa shape index (κ2) is 7.67. The minimum absolute atomic E-state index is 0.176. The first-order valence-corrected chi connectivity index (χ1v) is 9.29. The third-order valence-corrected chi connectivity index (χ3v) is 5.24. The molecular weight excluding hydrogens is 364 g/mol. The molecule has 7 heteroatoms. The van der Waals surface area contributed by atoms with Crippen molar-refractivity contribution in [2.45, 2.75) is 24.8 Å². The molecule has 1 aliphatic rings. The molecule has 1 aliphatic heterocycles. The van der Waals surface area contributed by atoms with Crippen LogP contribution in [0.3, 0.4) is 0 Å². The van der Waals surface area contributed by atoms with Crippen molar-refractivity contribution < 1.29 is 18.0 Å². The zero-order chi connectivity index (χ0) is 19.6. The monoisotopic (exact) mass is 385 g/mol. The number of benzene rings is 1. The van der Waals surface area contributed by atoms with E-state index >= 15 is 0 Å². The fourth-order valence-electron chi connectivity index (χ4n) is 3.67. The Hall–Kier alpha value is -2.80. The van der Waals surface area contributed by atoms with Crippen LogP contribution in [0.1, 0.15) is 34.8 Å². The maximum atomic E-state index is 13.5. The first kappa shape index (κ1) is 18.6. The molecule has 0 radical (unpaired) electrons. The summed E-state index contributed by atoms with van der Waals surface area (Å²) in [5, 5.41) is 3.74. The Labute approximate surface area is 161 Å². The number of hydrogen-bond acceptors (Lipinski definition) is 4. The van der Waals surface area contributed by atoms with E-state index in [0.717, 1.165) is 16.5 Å². The molecule has 1 atom stereocenters. The van der Waals surface area contributed by atoms with Gasteiger partial charge in [0.25, 0.3) is 11.8 Å². The van der Waals surface area contributed by atoms with E-state index in [1.165, 1.54) is 0 Å². The molecule has 146 valence electrons. The van der Waals surface area contributed by atoms with Gasteiger partial charge in [-0.15, -0.1) is 0 Å². The second-order valence-corrected chi connectivity index (χ2v) is 7.05. The number of nitrogens with zero attached hydrogens (tertiary/aromatic N) is 2. The highest BCUT2D eigenvalue weighted by molar-refractivity contribution is 6.06. The Bertz CT molecular complexity index is 944.